The molecule has 3 heterocycles. The highest BCUT2D eigenvalue weighted by molar-refractivity contribution is 8.02. The fraction of sp³-hybridized carbons (Fsp3) is 0.594. The molecule has 1 aromatic carbocycles. The second kappa shape index (κ2) is 13.0. The van der Waals surface area contributed by atoms with E-state index in [9.17, 15) is 19.5 Å². The molecule has 224 valence electrons. The van der Waals surface area contributed by atoms with Gasteiger partial charge in [0.1, 0.15) is 11.8 Å². The van der Waals surface area contributed by atoms with Crippen LogP contribution >= 0.6 is 11.8 Å². The molecule has 1 spiro atoms. The number of aliphatic hydroxyl groups excluding tert-OH is 1. The highest BCUT2D eigenvalue weighted by Crippen LogP contribution is 2.71. The SMILES string of the molecule is C=CCN(CCC)C(=O)[C@H]1[C@H]2C(=O)N(CCCCCO)C(C(=O)N(CC=C)c3ccc(OC)cc3)C23CC[C@]1(C)S3. The molecule has 1 aromatic rings. The minimum atomic E-state index is -0.695. The third-order valence-electron chi connectivity index (χ3n) is 8.95. The van der Waals surface area contributed by atoms with Gasteiger partial charge in [0.05, 0.1) is 23.7 Å². The Labute approximate surface area is 248 Å². The van der Waals surface area contributed by atoms with Crippen molar-refractivity contribution in [2.24, 2.45) is 11.8 Å². The summed E-state index contributed by atoms with van der Waals surface area (Å²) in [7, 11) is 1.60. The molecule has 41 heavy (non-hydrogen) atoms. The van der Waals surface area contributed by atoms with Crippen molar-refractivity contribution in [2.45, 2.75) is 67.9 Å². The summed E-state index contributed by atoms with van der Waals surface area (Å²) < 4.78 is 4.22. The van der Waals surface area contributed by atoms with Crippen LogP contribution in [0.2, 0.25) is 0 Å². The van der Waals surface area contributed by atoms with Crippen LogP contribution in [0, 0.1) is 11.8 Å². The highest BCUT2D eigenvalue weighted by Gasteiger charge is 2.77. The van der Waals surface area contributed by atoms with Gasteiger partial charge >= 0.3 is 0 Å². The Hall–Kier alpha value is -2.78. The Morgan fingerprint density at radius 3 is 2.44 bits per heavy atom. The van der Waals surface area contributed by atoms with Crippen LogP contribution in [0.3, 0.4) is 0 Å². The van der Waals surface area contributed by atoms with Gasteiger partial charge in [-0.15, -0.1) is 24.9 Å². The molecule has 1 N–H and O–H groups in total. The zero-order valence-corrected chi connectivity index (χ0v) is 25.5. The molecule has 2 unspecified atom stereocenters. The lowest BCUT2D eigenvalue weighted by Crippen LogP contribution is -2.55. The lowest BCUT2D eigenvalue weighted by Gasteiger charge is -2.38. The van der Waals surface area contributed by atoms with Crippen LogP contribution in [0.4, 0.5) is 5.69 Å². The number of unbranched alkanes of at least 4 members (excludes halogenated alkanes) is 2. The van der Waals surface area contributed by atoms with E-state index < -0.39 is 27.4 Å². The maximum atomic E-state index is 14.7. The minimum Gasteiger partial charge on any atom is -0.497 e. The molecule has 3 aliphatic rings. The van der Waals surface area contributed by atoms with Crippen LogP contribution in [0.15, 0.2) is 49.6 Å². The molecule has 2 bridgehead atoms. The molecular formula is C32H45N3O5S. The van der Waals surface area contributed by atoms with Crippen molar-refractivity contribution in [1.29, 1.82) is 0 Å². The normalized spacial score (nSPS) is 28.0. The standard InChI is InChI=1S/C32H45N3O5S/c1-6-18-33(19-7-2)28(37)25-26-29(38)35(21-10-9-11-22-36)27(32(26)17-16-31(25,4)41-32)30(39)34(20-8-3)23-12-14-24(40-5)15-13-23/h6,8,12-15,25-27,36H,1,3,7,9-11,16-22H2,2,4-5H3/t25-,26+,27?,31+,32?/m1/s1. The number of ether oxygens (including phenoxy) is 1. The molecule has 3 fully saturated rings. The summed E-state index contributed by atoms with van der Waals surface area (Å²) in [6, 6.07) is 6.64. The van der Waals surface area contributed by atoms with Crippen LogP contribution < -0.4 is 9.64 Å². The third kappa shape index (κ3) is 5.55. The van der Waals surface area contributed by atoms with Gasteiger partial charge < -0.3 is 24.5 Å². The first-order valence-corrected chi connectivity index (χ1v) is 15.6. The van der Waals surface area contributed by atoms with Gasteiger partial charge in [-0.05, 0) is 69.7 Å². The Balaban J connectivity index is 1.76. The number of methoxy groups -OCH3 is 1. The topological polar surface area (TPSA) is 90.4 Å². The van der Waals surface area contributed by atoms with Gasteiger partial charge in [0.25, 0.3) is 5.91 Å². The van der Waals surface area contributed by atoms with Gasteiger partial charge in [-0.3, -0.25) is 14.4 Å². The van der Waals surface area contributed by atoms with Crippen molar-refractivity contribution in [3.8, 4) is 5.75 Å². The lowest BCUT2D eigenvalue weighted by atomic mass is 9.66. The Kier molecular flexibility index (Phi) is 9.90. The Morgan fingerprint density at radius 2 is 1.83 bits per heavy atom. The first-order valence-electron chi connectivity index (χ1n) is 14.8. The monoisotopic (exact) mass is 583 g/mol. The molecule has 0 saturated carbocycles. The smallest absolute Gasteiger partial charge is 0.251 e. The van der Waals surface area contributed by atoms with Crippen molar-refractivity contribution in [1.82, 2.24) is 9.80 Å². The predicted molar refractivity (Wildman–Crippen MR) is 164 cm³/mol. The van der Waals surface area contributed by atoms with E-state index in [-0.39, 0.29) is 24.3 Å². The summed E-state index contributed by atoms with van der Waals surface area (Å²) in [6.45, 7) is 13.7. The first kappa shape index (κ1) is 31.2. The van der Waals surface area contributed by atoms with Gasteiger partial charge in [0.15, 0.2) is 0 Å². The quantitative estimate of drug-likeness (QED) is 0.245. The zero-order valence-electron chi connectivity index (χ0n) is 24.7. The molecule has 8 nitrogen and oxygen atoms in total. The maximum absolute atomic E-state index is 14.7. The number of rotatable bonds is 15. The first-order chi connectivity index (χ1) is 19.7. The van der Waals surface area contributed by atoms with E-state index in [1.165, 1.54) is 0 Å². The number of carbonyl (C=O) groups is 3. The van der Waals surface area contributed by atoms with E-state index in [1.54, 1.807) is 40.8 Å². The number of hydrogen-bond donors (Lipinski definition) is 1. The molecule has 9 heteroatoms. The Bertz CT molecular complexity index is 1140. The molecule has 0 radical (unpaired) electrons. The highest BCUT2D eigenvalue weighted by atomic mass is 32.2. The van der Waals surface area contributed by atoms with E-state index >= 15 is 0 Å². The summed E-state index contributed by atoms with van der Waals surface area (Å²) in [6.07, 6.45) is 7.82. The largest absolute Gasteiger partial charge is 0.497 e. The minimum absolute atomic E-state index is 0.00638. The second-order valence-corrected chi connectivity index (χ2v) is 13.4. The van der Waals surface area contributed by atoms with Crippen molar-refractivity contribution in [3.05, 3.63) is 49.6 Å². The van der Waals surface area contributed by atoms with E-state index in [0.29, 0.717) is 56.9 Å². The van der Waals surface area contributed by atoms with Crippen molar-refractivity contribution >= 4 is 35.2 Å². The summed E-state index contributed by atoms with van der Waals surface area (Å²) in [5.41, 5.74) is 0.708. The number of carbonyl (C=O) groups excluding carboxylic acids is 3. The predicted octanol–water partition coefficient (Wildman–Crippen LogP) is 4.28. The molecule has 3 aliphatic heterocycles. The van der Waals surface area contributed by atoms with Gasteiger partial charge in [-0.25, -0.2) is 0 Å². The van der Waals surface area contributed by atoms with Crippen molar-refractivity contribution in [3.63, 3.8) is 0 Å². The number of thioether (sulfide) groups is 1. The van der Waals surface area contributed by atoms with E-state index in [2.05, 4.69) is 20.1 Å². The van der Waals surface area contributed by atoms with E-state index in [1.807, 2.05) is 36.1 Å². The zero-order chi connectivity index (χ0) is 29.8. The number of nitrogens with zero attached hydrogens (tertiary/aromatic N) is 3. The van der Waals surface area contributed by atoms with Gasteiger partial charge in [-0.2, -0.15) is 0 Å². The molecular weight excluding hydrogens is 538 g/mol. The number of anilines is 1. The molecule has 4 rings (SSSR count). The fourth-order valence-corrected chi connectivity index (χ4v) is 9.51. The van der Waals surface area contributed by atoms with E-state index in [0.717, 1.165) is 19.3 Å². The van der Waals surface area contributed by atoms with Crippen LogP contribution in [-0.4, -0.2) is 88.1 Å². The summed E-state index contributed by atoms with van der Waals surface area (Å²) in [5.74, 6) is -0.606. The average Bonchev–Trinajstić information content (AvgIpc) is 3.54. The summed E-state index contributed by atoms with van der Waals surface area (Å²) >= 11 is 1.70. The molecule has 0 aromatic heterocycles. The molecule has 5 atom stereocenters. The number of likely N-dealkylation sites (tertiary alicyclic amines) is 1. The summed E-state index contributed by atoms with van der Waals surface area (Å²) in [4.78, 5) is 48.5. The summed E-state index contributed by atoms with van der Waals surface area (Å²) in [5, 5.41) is 9.31. The average molecular weight is 584 g/mol. The third-order valence-corrected chi connectivity index (χ3v) is 10.9. The molecule has 0 aliphatic carbocycles. The van der Waals surface area contributed by atoms with Gasteiger partial charge in [0, 0.05) is 43.2 Å². The van der Waals surface area contributed by atoms with Gasteiger partial charge in [0.2, 0.25) is 11.8 Å². The second-order valence-electron chi connectivity index (χ2n) is 11.6. The van der Waals surface area contributed by atoms with Crippen molar-refractivity contribution in [2.75, 3.05) is 44.8 Å². The fourth-order valence-electron chi connectivity index (χ4n) is 7.17. The van der Waals surface area contributed by atoms with Crippen LogP contribution in [-0.2, 0) is 14.4 Å². The van der Waals surface area contributed by atoms with Crippen LogP contribution in [0.5, 0.6) is 5.75 Å². The number of hydrogen-bond acceptors (Lipinski definition) is 6. The number of benzene rings is 1. The van der Waals surface area contributed by atoms with Gasteiger partial charge in [-0.1, -0.05) is 19.1 Å². The van der Waals surface area contributed by atoms with E-state index in [4.69, 9.17) is 4.74 Å². The van der Waals surface area contributed by atoms with Crippen LogP contribution in [0.1, 0.15) is 52.4 Å². The molecule has 3 amide bonds. The number of amides is 3. The Morgan fingerprint density at radius 1 is 1.12 bits per heavy atom. The molecule has 3 saturated heterocycles. The van der Waals surface area contributed by atoms with Crippen LogP contribution in [0.25, 0.3) is 0 Å². The van der Waals surface area contributed by atoms with Crippen molar-refractivity contribution < 1.29 is 24.2 Å². The lowest BCUT2D eigenvalue weighted by molar-refractivity contribution is -0.145. The number of fused-ring (bicyclic) bond motifs is 1. The maximum Gasteiger partial charge on any atom is 0.251 e. The number of aliphatic hydroxyl groups is 1.